The Kier molecular flexibility index (Phi) is 4.85. The van der Waals surface area contributed by atoms with E-state index < -0.39 is 0 Å². The maximum atomic E-state index is 4.55. The van der Waals surface area contributed by atoms with E-state index >= 15 is 0 Å². The zero-order valence-electron chi connectivity index (χ0n) is 11.7. The van der Waals surface area contributed by atoms with Crippen LogP contribution in [0.4, 0.5) is 5.95 Å². The molecule has 19 heavy (non-hydrogen) atoms. The molecule has 0 aliphatic rings. The third kappa shape index (κ3) is 3.73. The van der Waals surface area contributed by atoms with Crippen molar-refractivity contribution in [3.05, 3.63) is 33.8 Å². The first kappa shape index (κ1) is 13.9. The molecule has 0 aliphatic heterocycles. The number of hydrogen-bond acceptors (Lipinski definition) is 5. The number of nitrogens with one attached hydrogen (secondary N) is 1. The van der Waals surface area contributed by atoms with Crippen molar-refractivity contribution in [2.24, 2.45) is 0 Å². The quantitative estimate of drug-likeness (QED) is 0.881. The van der Waals surface area contributed by atoms with Crippen molar-refractivity contribution in [3.63, 3.8) is 0 Å². The molecule has 102 valence electrons. The molecule has 0 saturated heterocycles. The summed E-state index contributed by atoms with van der Waals surface area (Å²) in [5.41, 5.74) is 3.39. The fraction of sp³-hybridized carbons (Fsp3) is 0.500. The van der Waals surface area contributed by atoms with Crippen molar-refractivity contribution < 1.29 is 0 Å². The zero-order chi connectivity index (χ0) is 13.7. The summed E-state index contributed by atoms with van der Waals surface area (Å²) in [6, 6.07) is 2.45. The van der Waals surface area contributed by atoms with Gasteiger partial charge in [-0.2, -0.15) is 16.4 Å². The number of aromatic nitrogens is 3. The molecule has 1 unspecified atom stereocenters. The summed E-state index contributed by atoms with van der Waals surface area (Å²) in [5.74, 6) is 0.636. The maximum Gasteiger partial charge on any atom is 0.243 e. The molecule has 0 bridgehead atoms. The Bertz CT molecular complexity index is 510. The maximum absolute atomic E-state index is 4.55. The molecule has 2 rings (SSSR count). The highest BCUT2D eigenvalue weighted by molar-refractivity contribution is 7.07. The summed E-state index contributed by atoms with van der Waals surface area (Å²) in [6.07, 6.45) is 2.75. The Balaban J connectivity index is 2.02. The van der Waals surface area contributed by atoms with Gasteiger partial charge in [-0.15, -0.1) is 5.10 Å². The normalized spacial score (nSPS) is 12.4. The van der Waals surface area contributed by atoms with Gasteiger partial charge in [-0.1, -0.05) is 13.8 Å². The average molecular weight is 276 g/mol. The van der Waals surface area contributed by atoms with E-state index in [0.717, 1.165) is 30.7 Å². The van der Waals surface area contributed by atoms with Gasteiger partial charge in [0.05, 0.1) is 11.4 Å². The first-order chi connectivity index (χ1) is 9.22. The van der Waals surface area contributed by atoms with Crippen molar-refractivity contribution in [2.75, 3.05) is 5.32 Å². The van der Waals surface area contributed by atoms with Crippen LogP contribution in [0, 0.1) is 0 Å². The summed E-state index contributed by atoms with van der Waals surface area (Å²) < 4.78 is 0. The van der Waals surface area contributed by atoms with Gasteiger partial charge >= 0.3 is 0 Å². The van der Waals surface area contributed by atoms with Crippen LogP contribution in [0.1, 0.15) is 37.7 Å². The molecule has 0 amide bonds. The third-order valence-corrected chi connectivity index (χ3v) is 3.74. The largest absolute Gasteiger partial charge is 0.350 e. The van der Waals surface area contributed by atoms with Crippen LogP contribution in [-0.4, -0.2) is 21.2 Å². The third-order valence-electron chi connectivity index (χ3n) is 3.01. The summed E-state index contributed by atoms with van der Waals surface area (Å²) in [6.45, 7) is 6.32. The van der Waals surface area contributed by atoms with E-state index in [1.165, 1.54) is 5.56 Å². The Morgan fingerprint density at radius 1 is 1.21 bits per heavy atom. The van der Waals surface area contributed by atoms with Gasteiger partial charge in [-0.3, -0.25) is 0 Å². The van der Waals surface area contributed by atoms with Gasteiger partial charge in [0.1, 0.15) is 0 Å². The van der Waals surface area contributed by atoms with Crippen molar-refractivity contribution >= 4 is 17.3 Å². The van der Waals surface area contributed by atoms with E-state index in [9.17, 15) is 0 Å². The molecule has 5 heteroatoms. The first-order valence-corrected chi connectivity index (χ1v) is 7.67. The lowest BCUT2D eigenvalue weighted by atomic mass is 10.1. The van der Waals surface area contributed by atoms with Gasteiger partial charge in [0.25, 0.3) is 0 Å². The fourth-order valence-electron chi connectivity index (χ4n) is 2.03. The second-order valence-corrected chi connectivity index (χ2v) is 5.40. The molecule has 2 heterocycles. The van der Waals surface area contributed by atoms with Crippen LogP contribution in [0.3, 0.4) is 0 Å². The average Bonchev–Trinajstić information content (AvgIpc) is 2.91. The second kappa shape index (κ2) is 6.61. The molecule has 0 aliphatic carbocycles. The number of thiophene rings is 1. The standard InChI is InChI=1S/C14H20N4S/c1-4-12-13(5-2)17-18-14(16-12)15-10(3)8-11-6-7-19-9-11/h6-7,9-10H,4-5,8H2,1-3H3,(H,15,16,18). The molecule has 0 aromatic carbocycles. The van der Waals surface area contributed by atoms with Gasteiger partial charge in [0, 0.05) is 6.04 Å². The van der Waals surface area contributed by atoms with Crippen LogP contribution in [0.25, 0.3) is 0 Å². The minimum Gasteiger partial charge on any atom is -0.350 e. The highest BCUT2D eigenvalue weighted by atomic mass is 32.1. The highest BCUT2D eigenvalue weighted by Gasteiger charge is 2.09. The number of rotatable bonds is 6. The van der Waals surface area contributed by atoms with Gasteiger partial charge < -0.3 is 5.32 Å². The SMILES string of the molecule is CCc1nnc(NC(C)Cc2ccsc2)nc1CC. The van der Waals surface area contributed by atoms with Crippen molar-refractivity contribution in [3.8, 4) is 0 Å². The summed E-state index contributed by atoms with van der Waals surface area (Å²) >= 11 is 1.73. The van der Waals surface area contributed by atoms with E-state index in [0.29, 0.717) is 12.0 Å². The lowest BCUT2D eigenvalue weighted by molar-refractivity contribution is 0.752. The Hall–Kier alpha value is -1.49. The molecule has 2 aromatic heterocycles. The molecule has 4 nitrogen and oxygen atoms in total. The van der Waals surface area contributed by atoms with Gasteiger partial charge in [0.15, 0.2) is 0 Å². The van der Waals surface area contributed by atoms with Gasteiger partial charge in [-0.25, -0.2) is 4.98 Å². The fourth-order valence-corrected chi connectivity index (χ4v) is 2.71. The van der Waals surface area contributed by atoms with E-state index in [1.54, 1.807) is 11.3 Å². The lowest BCUT2D eigenvalue weighted by Crippen LogP contribution is -2.20. The zero-order valence-corrected chi connectivity index (χ0v) is 12.5. The molecule has 2 aromatic rings. The van der Waals surface area contributed by atoms with Crippen molar-refractivity contribution in [1.29, 1.82) is 0 Å². The first-order valence-electron chi connectivity index (χ1n) is 6.73. The second-order valence-electron chi connectivity index (χ2n) is 4.62. The highest BCUT2D eigenvalue weighted by Crippen LogP contribution is 2.12. The van der Waals surface area contributed by atoms with E-state index in [-0.39, 0.29) is 0 Å². The number of hydrogen-bond donors (Lipinski definition) is 1. The number of aryl methyl sites for hydroxylation is 2. The molecular formula is C14H20N4S. The minimum atomic E-state index is 0.300. The minimum absolute atomic E-state index is 0.300. The van der Waals surface area contributed by atoms with Crippen LogP contribution in [0.5, 0.6) is 0 Å². The Morgan fingerprint density at radius 2 is 2.00 bits per heavy atom. The molecule has 0 radical (unpaired) electrons. The van der Waals surface area contributed by atoms with Crippen LogP contribution < -0.4 is 5.32 Å². The Morgan fingerprint density at radius 3 is 2.63 bits per heavy atom. The van der Waals surface area contributed by atoms with Gasteiger partial charge in [0.2, 0.25) is 5.95 Å². The predicted octanol–water partition coefficient (Wildman–Crippen LogP) is 3.10. The van der Waals surface area contributed by atoms with E-state index in [4.69, 9.17) is 0 Å². The van der Waals surface area contributed by atoms with E-state index in [2.05, 4.69) is 58.1 Å². The van der Waals surface area contributed by atoms with Crippen LogP contribution in [-0.2, 0) is 19.3 Å². The Labute approximate surface area is 118 Å². The molecule has 1 N–H and O–H groups in total. The number of nitrogens with zero attached hydrogens (tertiary/aromatic N) is 3. The smallest absolute Gasteiger partial charge is 0.243 e. The topological polar surface area (TPSA) is 50.7 Å². The van der Waals surface area contributed by atoms with Crippen molar-refractivity contribution in [2.45, 2.75) is 46.1 Å². The molecule has 1 atom stereocenters. The summed E-state index contributed by atoms with van der Waals surface area (Å²) in [7, 11) is 0. The van der Waals surface area contributed by atoms with Crippen molar-refractivity contribution in [1.82, 2.24) is 15.2 Å². The van der Waals surface area contributed by atoms with Crippen LogP contribution in [0.2, 0.25) is 0 Å². The van der Waals surface area contributed by atoms with Crippen LogP contribution in [0.15, 0.2) is 16.8 Å². The molecular weight excluding hydrogens is 256 g/mol. The van der Waals surface area contributed by atoms with Crippen LogP contribution >= 0.6 is 11.3 Å². The molecule has 0 fully saturated rings. The summed E-state index contributed by atoms with van der Waals surface area (Å²) in [4.78, 5) is 4.55. The predicted molar refractivity (Wildman–Crippen MR) is 79.7 cm³/mol. The summed E-state index contributed by atoms with van der Waals surface area (Å²) in [5, 5.41) is 16.0. The lowest BCUT2D eigenvalue weighted by Gasteiger charge is -2.13. The molecule has 0 saturated carbocycles. The van der Waals surface area contributed by atoms with Gasteiger partial charge in [-0.05, 0) is 48.6 Å². The van der Waals surface area contributed by atoms with E-state index in [1.807, 2.05) is 0 Å². The molecule has 0 spiro atoms. The monoisotopic (exact) mass is 276 g/mol. The number of anilines is 1.